The lowest BCUT2D eigenvalue weighted by molar-refractivity contribution is -0.135. The summed E-state index contributed by atoms with van der Waals surface area (Å²) in [4.78, 5) is 39.0. The second-order valence-electron chi connectivity index (χ2n) is 9.28. The molecule has 0 unspecified atom stereocenters. The second-order valence-corrected chi connectivity index (χ2v) is 9.28. The predicted molar refractivity (Wildman–Crippen MR) is 104 cm³/mol. The third kappa shape index (κ3) is 3.43. The van der Waals surface area contributed by atoms with E-state index in [4.69, 9.17) is 9.15 Å². The molecule has 0 spiro atoms. The van der Waals surface area contributed by atoms with Crippen LogP contribution in [0.4, 0.5) is 0 Å². The molecule has 2 fully saturated rings. The molecule has 1 aliphatic carbocycles. The second kappa shape index (κ2) is 6.47. The van der Waals surface area contributed by atoms with E-state index in [1.54, 1.807) is 24.3 Å². The van der Waals surface area contributed by atoms with Gasteiger partial charge in [0.05, 0.1) is 5.39 Å². The van der Waals surface area contributed by atoms with Crippen LogP contribution in [0, 0.1) is 10.8 Å². The quantitative estimate of drug-likeness (QED) is 0.760. The molecule has 1 saturated heterocycles. The number of rotatable bonds is 3. The number of nitrogens with zero attached hydrogens (tertiary/aromatic N) is 1. The van der Waals surface area contributed by atoms with Crippen LogP contribution in [0.2, 0.25) is 0 Å². The van der Waals surface area contributed by atoms with E-state index >= 15 is 0 Å². The first-order valence-electron chi connectivity index (χ1n) is 9.65. The van der Waals surface area contributed by atoms with Crippen molar-refractivity contribution in [2.45, 2.75) is 46.1 Å². The van der Waals surface area contributed by atoms with Gasteiger partial charge >= 0.3 is 5.97 Å². The Balaban J connectivity index is 1.44. The molecule has 0 radical (unpaired) electrons. The topological polar surface area (TPSA) is 76.8 Å². The van der Waals surface area contributed by atoms with Crippen LogP contribution in [-0.2, 0) is 9.53 Å². The van der Waals surface area contributed by atoms with E-state index in [1.807, 2.05) is 4.90 Å². The Morgan fingerprint density at radius 1 is 1.21 bits per heavy atom. The fourth-order valence-electron chi connectivity index (χ4n) is 5.24. The number of para-hydroxylation sites is 1. The molecule has 4 rings (SSSR count). The summed E-state index contributed by atoms with van der Waals surface area (Å²) in [6, 6.07) is 8.00. The summed E-state index contributed by atoms with van der Waals surface area (Å²) in [6.07, 6.45) is 3.04. The summed E-state index contributed by atoms with van der Waals surface area (Å²) in [5, 5.41) is 0.398. The van der Waals surface area contributed by atoms with Crippen LogP contribution < -0.4 is 5.43 Å². The van der Waals surface area contributed by atoms with Gasteiger partial charge in [0, 0.05) is 18.7 Å². The summed E-state index contributed by atoms with van der Waals surface area (Å²) in [5.74, 6) is -1.18. The highest BCUT2D eigenvalue weighted by atomic mass is 16.5. The zero-order valence-corrected chi connectivity index (χ0v) is 16.5. The Kier molecular flexibility index (Phi) is 4.32. The summed E-state index contributed by atoms with van der Waals surface area (Å²) >= 11 is 0. The lowest BCUT2D eigenvalue weighted by Crippen LogP contribution is -2.39. The molecule has 28 heavy (non-hydrogen) atoms. The zero-order valence-electron chi connectivity index (χ0n) is 16.5. The predicted octanol–water partition coefficient (Wildman–Crippen LogP) is 3.38. The molecule has 1 amide bonds. The van der Waals surface area contributed by atoms with Crippen LogP contribution in [0.5, 0.6) is 0 Å². The number of amides is 1. The number of carbonyl (C=O) groups excluding carboxylic acids is 2. The van der Waals surface area contributed by atoms with Gasteiger partial charge in [-0.05, 0) is 42.2 Å². The molecule has 1 saturated carbocycles. The number of ether oxygens (including phenoxy) is 1. The van der Waals surface area contributed by atoms with Crippen LogP contribution in [0.15, 0.2) is 39.5 Å². The van der Waals surface area contributed by atoms with E-state index in [2.05, 4.69) is 20.8 Å². The number of hydrogen-bond acceptors (Lipinski definition) is 5. The monoisotopic (exact) mass is 383 g/mol. The molecule has 1 aromatic heterocycles. The Morgan fingerprint density at radius 2 is 1.96 bits per heavy atom. The average molecular weight is 383 g/mol. The standard InChI is InChI=1S/C22H25NO5/c1-21(2)9-14-10-22(3,12-21)13-23(14)19(25)11-27-20(26)18-8-16(24)15-6-4-5-7-17(15)28-18/h4-8,14H,9-13H2,1-3H3/t14-,22-/m1/s1. The normalized spacial score (nSPS) is 25.7. The minimum atomic E-state index is -0.801. The van der Waals surface area contributed by atoms with Gasteiger partial charge in [-0.1, -0.05) is 32.9 Å². The molecule has 6 heteroatoms. The third-order valence-corrected chi connectivity index (χ3v) is 5.90. The Bertz CT molecular complexity index is 1010. The van der Waals surface area contributed by atoms with Gasteiger partial charge in [-0.3, -0.25) is 9.59 Å². The van der Waals surface area contributed by atoms with Gasteiger partial charge in [0.2, 0.25) is 5.76 Å². The molecular weight excluding hydrogens is 358 g/mol. The minimum absolute atomic E-state index is 0.122. The Morgan fingerprint density at radius 3 is 2.75 bits per heavy atom. The van der Waals surface area contributed by atoms with E-state index in [9.17, 15) is 14.4 Å². The van der Waals surface area contributed by atoms with Crippen LogP contribution in [-0.4, -0.2) is 36.0 Å². The molecule has 0 N–H and O–H groups in total. The highest BCUT2D eigenvalue weighted by molar-refractivity contribution is 5.90. The summed E-state index contributed by atoms with van der Waals surface area (Å²) in [7, 11) is 0. The first-order valence-corrected chi connectivity index (χ1v) is 9.65. The lowest BCUT2D eigenvalue weighted by atomic mass is 9.65. The molecule has 2 aliphatic rings. The summed E-state index contributed by atoms with van der Waals surface area (Å²) in [5.41, 5.74) is 0.329. The number of benzene rings is 1. The largest absolute Gasteiger partial charge is 0.450 e. The molecule has 2 aromatic rings. The van der Waals surface area contributed by atoms with Gasteiger partial charge in [0.15, 0.2) is 12.0 Å². The zero-order chi connectivity index (χ0) is 20.1. The van der Waals surface area contributed by atoms with Gasteiger partial charge in [0.1, 0.15) is 5.58 Å². The maximum atomic E-state index is 12.7. The van der Waals surface area contributed by atoms with Crippen molar-refractivity contribution in [3.05, 3.63) is 46.3 Å². The summed E-state index contributed by atoms with van der Waals surface area (Å²) in [6.45, 7) is 7.06. The van der Waals surface area contributed by atoms with E-state index in [0.29, 0.717) is 17.5 Å². The fraction of sp³-hybridized carbons (Fsp3) is 0.500. The highest BCUT2D eigenvalue weighted by Crippen LogP contribution is 2.52. The average Bonchev–Trinajstić information content (AvgIpc) is 2.88. The molecule has 1 aliphatic heterocycles. The first-order chi connectivity index (χ1) is 13.2. The summed E-state index contributed by atoms with van der Waals surface area (Å²) < 4.78 is 10.7. The number of carbonyl (C=O) groups is 2. The van der Waals surface area contributed by atoms with Crippen LogP contribution >= 0.6 is 0 Å². The van der Waals surface area contributed by atoms with Crippen molar-refractivity contribution >= 4 is 22.8 Å². The van der Waals surface area contributed by atoms with Crippen LogP contribution in [0.1, 0.15) is 50.6 Å². The van der Waals surface area contributed by atoms with Gasteiger partial charge < -0.3 is 14.1 Å². The highest BCUT2D eigenvalue weighted by Gasteiger charge is 2.50. The SMILES string of the molecule is CC1(C)C[C@@H]2C[C@@](C)(CN2C(=O)COC(=O)c2cc(=O)c3ccccc3o2)C1. The van der Waals surface area contributed by atoms with Gasteiger partial charge in [-0.2, -0.15) is 0 Å². The van der Waals surface area contributed by atoms with E-state index in [0.717, 1.165) is 25.3 Å². The first kappa shape index (κ1) is 18.7. The van der Waals surface area contributed by atoms with E-state index in [1.165, 1.54) is 0 Å². The Labute approximate surface area is 163 Å². The fourth-order valence-corrected chi connectivity index (χ4v) is 5.24. The Hall–Kier alpha value is -2.63. The third-order valence-electron chi connectivity index (χ3n) is 5.90. The van der Waals surface area contributed by atoms with Crippen LogP contribution in [0.25, 0.3) is 11.0 Å². The number of hydrogen-bond donors (Lipinski definition) is 0. The molecule has 1 aromatic carbocycles. The van der Waals surface area contributed by atoms with Crippen molar-refractivity contribution in [1.82, 2.24) is 4.90 Å². The molecule has 2 heterocycles. The van der Waals surface area contributed by atoms with Crippen molar-refractivity contribution in [2.24, 2.45) is 10.8 Å². The van der Waals surface area contributed by atoms with Crippen molar-refractivity contribution < 1.29 is 18.7 Å². The van der Waals surface area contributed by atoms with Crippen molar-refractivity contribution in [2.75, 3.05) is 13.2 Å². The molecule has 148 valence electrons. The van der Waals surface area contributed by atoms with Crippen molar-refractivity contribution in [3.63, 3.8) is 0 Å². The van der Waals surface area contributed by atoms with Crippen molar-refractivity contribution in [1.29, 1.82) is 0 Å². The van der Waals surface area contributed by atoms with E-state index in [-0.39, 0.29) is 40.6 Å². The van der Waals surface area contributed by atoms with Crippen molar-refractivity contribution in [3.8, 4) is 0 Å². The van der Waals surface area contributed by atoms with Gasteiger partial charge in [-0.15, -0.1) is 0 Å². The molecule has 6 nitrogen and oxygen atoms in total. The maximum absolute atomic E-state index is 12.7. The lowest BCUT2D eigenvalue weighted by Gasteiger charge is -2.39. The number of fused-ring (bicyclic) bond motifs is 3. The molecular formula is C22H25NO5. The minimum Gasteiger partial charge on any atom is -0.450 e. The van der Waals surface area contributed by atoms with Gasteiger partial charge in [0.25, 0.3) is 5.91 Å². The molecule has 2 bridgehead atoms. The number of likely N-dealkylation sites (tertiary alicyclic amines) is 1. The smallest absolute Gasteiger partial charge is 0.374 e. The van der Waals surface area contributed by atoms with Gasteiger partial charge in [-0.25, -0.2) is 4.79 Å². The van der Waals surface area contributed by atoms with E-state index < -0.39 is 5.97 Å². The van der Waals surface area contributed by atoms with Crippen LogP contribution in [0.3, 0.4) is 0 Å². The molecule has 2 atom stereocenters. The number of esters is 1. The maximum Gasteiger partial charge on any atom is 0.374 e.